The van der Waals surface area contributed by atoms with Crippen molar-refractivity contribution < 1.29 is 15.0 Å². The van der Waals surface area contributed by atoms with E-state index < -0.39 is 0 Å². The Morgan fingerprint density at radius 3 is 2.50 bits per heavy atom. The topological polar surface area (TPSA) is 65.7 Å². The van der Waals surface area contributed by atoms with Crippen molar-refractivity contribution in [2.24, 2.45) is 0 Å². The first-order chi connectivity index (χ1) is 8.77. The van der Waals surface area contributed by atoms with Crippen molar-refractivity contribution in [2.75, 3.05) is 26.3 Å². The Labute approximate surface area is 107 Å². The van der Waals surface area contributed by atoms with Crippen molar-refractivity contribution in [3.8, 4) is 0 Å². The first-order valence-electron chi connectivity index (χ1n) is 6.45. The third kappa shape index (κ3) is 2.57. The Morgan fingerprint density at radius 2 is 2.00 bits per heavy atom. The van der Waals surface area contributed by atoms with Gasteiger partial charge in [-0.05, 0) is 31.4 Å². The maximum absolute atomic E-state index is 12.3. The summed E-state index contributed by atoms with van der Waals surface area (Å²) in [4.78, 5) is 13.8. The fraction of sp³-hybridized carbons (Fsp3) is 0.615. The molecule has 18 heavy (non-hydrogen) atoms. The van der Waals surface area contributed by atoms with Gasteiger partial charge in [0.2, 0.25) is 0 Å². The quantitative estimate of drug-likeness (QED) is 0.781. The molecule has 5 heteroatoms. The lowest BCUT2D eigenvalue weighted by atomic mass is 9.93. The molecule has 0 bridgehead atoms. The van der Waals surface area contributed by atoms with Crippen LogP contribution in [0.5, 0.6) is 0 Å². The molecule has 0 saturated heterocycles. The van der Waals surface area contributed by atoms with Gasteiger partial charge in [-0.1, -0.05) is 0 Å². The zero-order valence-electron chi connectivity index (χ0n) is 10.5. The molecule has 0 spiro atoms. The van der Waals surface area contributed by atoms with Crippen LogP contribution < -0.4 is 0 Å². The summed E-state index contributed by atoms with van der Waals surface area (Å²) in [6.07, 6.45) is 5.39. The molecule has 1 aromatic heterocycles. The molecule has 0 atom stereocenters. The van der Waals surface area contributed by atoms with Gasteiger partial charge in [-0.25, -0.2) is 0 Å². The van der Waals surface area contributed by atoms with E-state index in [9.17, 15) is 4.79 Å². The van der Waals surface area contributed by atoms with Gasteiger partial charge in [0, 0.05) is 25.3 Å². The third-order valence-electron chi connectivity index (χ3n) is 3.49. The Bertz CT molecular complexity index is 393. The average molecular weight is 252 g/mol. The molecule has 1 fully saturated rings. The molecule has 0 unspecified atom stereocenters. The van der Waals surface area contributed by atoms with Gasteiger partial charge < -0.3 is 19.7 Å². The maximum atomic E-state index is 12.3. The molecule has 2 N–H and O–H groups in total. The minimum absolute atomic E-state index is 0.0874. The highest BCUT2D eigenvalue weighted by Crippen LogP contribution is 2.32. The molecular weight excluding hydrogens is 232 g/mol. The zero-order valence-corrected chi connectivity index (χ0v) is 10.5. The molecule has 1 aliphatic rings. The Hall–Kier alpha value is -1.33. The number of carbonyl (C=O) groups excluding carboxylic acids is 1. The molecular formula is C13H20N2O3. The molecule has 1 saturated carbocycles. The lowest BCUT2D eigenvalue weighted by molar-refractivity contribution is 0.0668. The van der Waals surface area contributed by atoms with Gasteiger partial charge in [-0.15, -0.1) is 0 Å². The Morgan fingerprint density at radius 1 is 1.33 bits per heavy atom. The van der Waals surface area contributed by atoms with Crippen LogP contribution in [-0.2, 0) is 0 Å². The van der Waals surface area contributed by atoms with Gasteiger partial charge in [0.05, 0.1) is 13.2 Å². The van der Waals surface area contributed by atoms with Crippen molar-refractivity contribution in [3.05, 3.63) is 24.0 Å². The van der Waals surface area contributed by atoms with E-state index in [1.165, 1.54) is 11.3 Å². The Kier molecular flexibility index (Phi) is 4.38. The fourth-order valence-corrected chi connectivity index (χ4v) is 2.28. The number of aliphatic hydroxyl groups excluding tert-OH is 2. The number of nitrogens with zero attached hydrogens (tertiary/aromatic N) is 2. The standard InChI is InChI=1S/C13H20N2O3/c16-9-7-14(8-10-17)13(18)12-5-2-6-15(12)11-3-1-4-11/h2,5-6,11,16-17H,1,3-4,7-10H2. The van der Waals surface area contributed by atoms with E-state index in [0.717, 1.165) is 12.8 Å². The van der Waals surface area contributed by atoms with E-state index in [1.54, 1.807) is 0 Å². The highest BCUT2D eigenvalue weighted by atomic mass is 16.3. The van der Waals surface area contributed by atoms with Crippen molar-refractivity contribution in [2.45, 2.75) is 25.3 Å². The first kappa shape index (κ1) is 13.1. The van der Waals surface area contributed by atoms with Gasteiger partial charge in [0.25, 0.3) is 5.91 Å². The van der Waals surface area contributed by atoms with Crippen LogP contribution in [0.2, 0.25) is 0 Å². The lowest BCUT2D eigenvalue weighted by Crippen LogP contribution is -2.37. The minimum Gasteiger partial charge on any atom is -0.395 e. The summed E-state index contributed by atoms with van der Waals surface area (Å²) in [5.41, 5.74) is 0.654. The van der Waals surface area contributed by atoms with Crippen LogP contribution >= 0.6 is 0 Å². The van der Waals surface area contributed by atoms with Crippen LogP contribution in [0, 0.1) is 0 Å². The second-order valence-electron chi connectivity index (χ2n) is 4.62. The van der Waals surface area contributed by atoms with Crippen LogP contribution in [0.3, 0.4) is 0 Å². The molecule has 100 valence electrons. The van der Waals surface area contributed by atoms with Gasteiger partial charge in [-0.3, -0.25) is 4.79 Å². The summed E-state index contributed by atoms with van der Waals surface area (Å²) in [7, 11) is 0. The largest absolute Gasteiger partial charge is 0.395 e. The second kappa shape index (κ2) is 6.02. The number of hydrogen-bond acceptors (Lipinski definition) is 3. The minimum atomic E-state index is -0.116. The molecule has 5 nitrogen and oxygen atoms in total. The molecule has 1 aromatic rings. The predicted octanol–water partition coefficient (Wildman–Crippen LogP) is 0.640. The van der Waals surface area contributed by atoms with Crippen molar-refractivity contribution in [1.82, 2.24) is 9.47 Å². The summed E-state index contributed by atoms with van der Waals surface area (Å²) in [6.45, 7) is 0.343. The molecule has 0 aliphatic heterocycles. The summed E-state index contributed by atoms with van der Waals surface area (Å²) in [6, 6.07) is 4.12. The van der Waals surface area contributed by atoms with E-state index in [1.807, 2.05) is 22.9 Å². The number of aromatic nitrogens is 1. The van der Waals surface area contributed by atoms with Crippen LogP contribution in [0.4, 0.5) is 0 Å². The lowest BCUT2D eigenvalue weighted by Gasteiger charge is -2.30. The van der Waals surface area contributed by atoms with E-state index in [4.69, 9.17) is 10.2 Å². The summed E-state index contributed by atoms with van der Waals surface area (Å²) < 4.78 is 2.02. The van der Waals surface area contributed by atoms with Gasteiger partial charge in [0.1, 0.15) is 5.69 Å². The molecule has 2 rings (SSSR count). The number of rotatable bonds is 6. The molecule has 1 heterocycles. The summed E-state index contributed by atoms with van der Waals surface area (Å²) >= 11 is 0. The fourth-order valence-electron chi connectivity index (χ4n) is 2.28. The van der Waals surface area contributed by atoms with E-state index >= 15 is 0 Å². The van der Waals surface area contributed by atoms with Crippen molar-refractivity contribution in [1.29, 1.82) is 0 Å². The number of carbonyl (C=O) groups is 1. The van der Waals surface area contributed by atoms with E-state index in [0.29, 0.717) is 11.7 Å². The average Bonchev–Trinajstić information content (AvgIpc) is 2.74. The normalized spacial score (nSPS) is 15.4. The van der Waals surface area contributed by atoms with Gasteiger partial charge in [-0.2, -0.15) is 0 Å². The smallest absolute Gasteiger partial charge is 0.270 e. The highest BCUT2D eigenvalue weighted by molar-refractivity contribution is 5.92. The van der Waals surface area contributed by atoms with Crippen LogP contribution in [0.15, 0.2) is 18.3 Å². The van der Waals surface area contributed by atoms with Crippen LogP contribution in [0.1, 0.15) is 35.8 Å². The zero-order chi connectivity index (χ0) is 13.0. The maximum Gasteiger partial charge on any atom is 0.270 e. The van der Waals surface area contributed by atoms with Crippen molar-refractivity contribution in [3.63, 3.8) is 0 Å². The summed E-state index contributed by atoms with van der Waals surface area (Å²) in [5, 5.41) is 17.9. The molecule has 0 aromatic carbocycles. The number of aliphatic hydroxyl groups is 2. The highest BCUT2D eigenvalue weighted by Gasteiger charge is 2.25. The third-order valence-corrected chi connectivity index (χ3v) is 3.49. The monoisotopic (exact) mass is 252 g/mol. The Balaban J connectivity index is 2.13. The number of amides is 1. The van der Waals surface area contributed by atoms with Crippen LogP contribution in [-0.4, -0.2) is 51.9 Å². The SMILES string of the molecule is O=C(c1cccn1C1CCC1)N(CCO)CCO. The number of hydrogen-bond donors (Lipinski definition) is 2. The van der Waals surface area contributed by atoms with Crippen molar-refractivity contribution >= 4 is 5.91 Å². The van der Waals surface area contributed by atoms with Crippen LogP contribution in [0.25, 0.3) is 0 Å². The van der Waals surface area contributed by atoms with E-state index in [-0.39, 0.29) is 32.2 Å². The predicted molar refractivity (Wildman–Crippen MR) is 67.4 cm³/mol. The molecule has 1 amide bonds. The van der Waals surface area contributed by atoms with Gasteiger partial charge >= 0.3 is 0 Å². The molecule has 1 aliphatic carbocycles. The first-order valence-corrected chi connectivity index (χ1v) is 6.45. The molecule has 0 radical (unpaired) electrons. The van der Waals surface area contributed by atoms with E-state index in [2.05, 4.69) is 0 Å². The summed E-state index contributed by atoms with van der Waals surface area (Å²) in [5.74, 6) is -0.116. The van der Waals surface area contributed by atoms with Gasteiger partial charge in [0.15, 0.2) is 0 Å². The second-order valence-corrected chi connectivity index (χ2v) is 4.62.